The fourth-order valence-corrected chi connectivity index (χ4v) is 3.13. The molecular weight excluding hydrogens is 258 g/mol. The third-order valence-electron chi connectivity index (χ3n) is 4.19. The van der Waals surface area contributed by atoms with Gasteiger partial charge >= 0.3 is 0 Å². The van der Waals surface area contributed by atoms with E-state index >= 15 is 0 Å². The van der Waals surface area contributed by atoms with E-state index in [0.29, 0.717) is 6.54 Å². The van der Waals surface area contributed by atoms with Crippen LogP contribution in [0.15, 0.2) is 30.3 Å². The molecule has 1 saturated carbocycles. The van der Waals surface area contributed by atoms with E-state index in [1.807, 2.05) is 30.3 Å². The number of alkyl halides is 1. The standard InChI is InChI=1S/C16H22ClNO/c1-16(2)10-6-9-13(16)15(19)18-11-14(17)12-7-4-3-5-8-12/h3-5,7-8,13-14H,6,9-11H2,1-2H3,(H,18,19). The van der Waals surface area contributed by atoms with E-state index < -0.39 is 0 Å². The molecule has 1 amide bonds. The molecule has 0 radical (unpaired) electrons. The second-order valence-electron chi connectivity index (χ2n) is 6.06. The first-order valence-electron chi connectivity index (χ1n) is 6.97. The number of hydrogen-bond donors (Lipinski definition) is 1. The maximum absolute atomic E-state index is 12.2. The number of benzene rings is 1. The van der Waals surface area contributed by atoms with Crippen molar-refractivity contribution in [3.8, 4) is 0 Å². The minimum absolute atomic E-state index is 0.124. The Morgan fingerprint density at radius 1 is 1.42 bits per heavy atom. The molecule has 1 N–H and O–H groups in total. The predicted molar refractivity (Wildman–Crippen MR) is 79.2 cm³/mol. The molecule has 19 heavy (non-hydrogen) atoms. The number of carbonyl (C=O) groups excluding carboxylic acids is 1. The Balaban J connectivity index is 1.87. The molecule has 2 nitrogen and oxygen atoms in total. The zero-order valence-electron chi connectivity index (χ0n) is 11.7. The lowest BCUT2D eigenvalue weighted by Gasteiger charge is -2.26. The summed E-state index contributed by atoms with van der Waals surface area (Å²) in [6.07, 6.45) is 3.28. The topological polar surface area (TPSA) is 29.1 Å². The first-order chi connectivity index (χ1) is 9.00. The average molecular weight is 280 g/mol. The molecule has 2 rings (SSSR count). The van der Waals surface area contributed by atoms with Crippen molar-refractivity contribution in [3.05, 3.63) is 35.9 Å². The number of halogens is 1. The van der Waals surface area contributed by atoms with Gasteiger partial charge in [0, 0.05) is 12.5 Å². The molecule has 0 saturated heterocycles. The lowest BCUT2D eigenvalue weighted by atomic mass is 9.81. The summed E-state index contributed by atoms with van der Waals surface area (Å²) in [7, 11) is 0. The van der Waals surface area contributed by atoms with Crippen LogP contribution in [0, 0.1) is 11.3 Å². The van der Waals surface area contributed by atoms with Crippen LogP contribution in [0.2, 0.25) is 0 Å². The Kier molecular flexibility index (Phi) is 4.51. The Bertz CT molecular complexity index is 430. The fraction of sp³-hybridized carbons (Fsp3) is 0.562. The van der Waals surface area contributed by atoms with Crippen LogP contribution < -0.4 is 5.32 Å². The molecule has 1 aromatic rings. The lowest BCUT2D eigenvalue weighted by Crippen LogP contribution is -2.37. The number of carbonyl (C=O) groups is 1. The van der Waals surface area contributed by atoms with Crippen molar-refractivity contribution < 1.29 is 4.79 Å². The maximum Gasteiger partial charge on any atom is 0.223 e. The molecule has 1 aliphatic carbocycles. The highest BCUT2D eigenvalue weighted by atomic mass is 35.5. The van der Waals surface area contributed by atoms with Crippen LogP contribution in [-0.2, 0) is 4.79 Å². The number of hydrogen-bond acceptors (Lipinski definition) is 1. The van der Waals surface area contributed by atoms with Crippen LogP contribution in [0.25, 0.3) is 0 Å². The number of amides is 1. The van der Waals surface area contributed by atoms with Gasteiger partial charge in [-0.1, -0.05) is 50.6 Å². The highest BCUT2D eigenvalue weighted by molar-refractivity contribution is 6.21. The monoisotopic (exact) mass is 279 g/mol. The van der Waals surface area contributed by atoms with E-state index in [9.17, 15) is 4.79 Å². The second kappa shape index (κ2) is 5.96. The smallest absolute Gasteiger partial charge is 0.223 e. The molecule has 2 atom stereocenters. The molecule has 3 heteroatoms. The Hall–Kier alpha value is -1.02. The molecule has 0 heterocycles. The summed E-state index contributed by atoms with van der Waals surface area (Å²) in [5, 5.41) is 2.85. The molecule has 0 aromatic heterocycles. The average Bonchev–Trinajstić information content (AvgIpc) is 2.76. The molecule has 104 valence electrons. The molecule has 2 unspecified atom stereocenters. The van der Waals surface area contributed by atoms with Gasteiger partial charge in [0.05, 0.1) is 5.38 Å². The van der Waals surface area contributed by atoms with Gasteiger partial charge in [-0.25, -0.2) is 0 Å². The van der Waals surface area contributed by atoms with Crippen LogP contribution in [-0.4, -0.2) is 12.5 Å². The Morgan fingerprint density at radius 3 is 2.68 bits per heavy atom. The molecular formula is C16H22ClNO. The predicted octanol–water partition coefficient (Wildman–Crippen LogP) is 3.91. The molecule has 0 aliphatic heterocycles. The summed E-state index contributed by atoms with van der Waals surface area (Å²) >= 11 is 6.31. The van der Waals surface area contributed by atoms with Gasteiger partial charge in [-0.05, 0) is 23.8 Å². The molecule has 0 bridgehead atoms. The summed E-state index contributed by atoms with van der Waals surface area (Å²) in [4.78, 5) is 12.2. The van der Waals surface area contributed by atoms with Crippen LogP contribution in [0.5, 0.6) is 0 Å². The van der Waals surface area contributed by atoms with Crippen LogP contribution in [0.1, 0.15) is 44.1 Å². The minimum Gasteiger partial charge on any atom is -0.354 e. The third-order valence-corrected chi connectivity index (χ3v) is 4.60. The quantitative estimate of drug-likeness (QED) is 0.832. The van der Waals surface area contributed by atoms with Crippen molar-refractivity contribution in [1.29, 1.82) is 0 Å². The molecule has 1 aromatic carbocycles. The van der Waals surface area contributed by atoms with Gasteiger partial charge < -0.3 is 5.32 Å². The van der Waals surface area contributed by atoms with Gasteiger partial charge in [0.15, 0.2) is 0 Å². The van der Waals surface area contributed by atoms with Gasteiger partial charge in [0.1, 0.15) is 0 Å². The van der Waals surface area contributed by atoms with E-state index in [0.717, 1.165) is 24.8 Å². The highest BCUT2D eigenvalue weighted by Gasteiger charge is 2.39. The van der Waals surface area contributed by atoms with Crippen LogP contribution in [0.3, 0.4) is 0 Å². The van der Waals surface area contributed by atoms with Crippen molar-refractivity contribution in [3.63, 3.8) is 0 Å². The van der Waals surface area contributed by atoms with Gasteiger partial charge in [0.25, 0.3) is 0 Å². The van der Waals surface area contributed by atoms with Gasteiger partial charge in [-0.2, -0.15) is 0 Å². The summed E-state index contributed by atoms with van der Waals surface area (Å²) in [5.41, 5.74) is 1.17. The Labute approximate surface area is 120 Å². The SMILES string of the molecule is CC1(C)CCCC1C(=O)NCC(Cl)c1ccccc1. The van der Waals surface area contributed by atoms with Crippen LogP contribution >= 0.6 is 11.6 Å². The van der Waals surface area contributed by atoms with E-state index in [-0.39, 0.29) is 22.6 Å². The summed E-state index contributed by atoms with van der Waals surface area (Å²) in [6.45, 7) is 4.86. The first kappa shape index (κ1) is 14.4. The van der Waals surface area contributed by atoms with E-state index in [1.54, 1.807) is 0 Å². The summed E-state index contributed by atoms with van der Waals surface area (Å²) < 4.78 is 0. The summed E-state index contributed by atoms with van der Waals surface area (Å²) in [6, 6.07) is 9.87. The number of nitrogens with one attached hydrogen (secondary N) is 1. The van der Waals surface area contributed by atoms with Crippen molar-refractivity contribution in [2.24, 2.45) is 11.3 Å². The normalized spacial score (nSPS) is 23.0. The lowest BCUT2D eigenvalue weighted by molar-refractivity contribution is -0.127. The van der Waals surface area contributed by atoms with Crippen molar-refractivity contribution in [1.82, 2.24) is 5.32 Å². The van der Waals surface area contributed by atoms with E-state index in [2.05, 4.69) is 19.2 Å². The fourth-order valence-electron chi connectivity index (χ4n) is 2.91. The maximum atomic E-state index is 12.2. The van der Waals surface area contributed by atoms with Crippen molar-refractivity contribution in [2.45, 2.75) is 38.5 Å². The van der Waals surface area contributed by atoms with Crippen molar-refractivity contribution in [2.75, 3.05) is 6.54 Å². The molecule has 1 aliphatic rings. The Morgan fingerprint density at radius 2 is 2.11 bits per heavy atom. The molecule has 1 fully saturated rings. The van der Waals surface area contributed by atoms with E-state index in [4.69, 9.17) is 11.6 Å². The number of rotatable bonds is 4. The zero-order chi connectivity index (χ0) is 13.9. The second-order valence-corrected chi connectivity index (χ2v) is 6.58. The van der Waals surface area contributed by atoms with Gasteiger partial charge in [-0.15, -0.1) is 11.6 Å². The van der Waals surface area contributed by atoms with E-state index in [1.165, 1.54) is 0 Å². The highest BCUT2D eigenvalue weighted by Crippen LogP contribution is 2.42. The van der Waals surface area contributed by atoms with Crippen LogP contribution in [0.4, 0.5) is 0 Å². The van der Waals surface area contributed by atoms with Gasteiger partial charge in [0.2, 0.25) is 5.91 Å². The third kappa shape index (κ3) is 3.50. The first-order valence-corrected chi connectivity index (χ1v) is 7.41. The van der Waals surface area contributed by atoms with Crippen molar-refractivity contribution >= 4 is 17.5 Å². The zero-order valence-corrected chi connectivity index (χ0v) is 12.4. The largest absolute Gasteiger partial charge is 0.354 e. The van der Waals surface area contributed by atoms with Gasteiger partial charge in [-0.3, -0.25) is 4.79 Å². The molecule has 0 spiro atoms. The minimum atomic E-state index is -0.158. The summed E-state index contributed by atoms with van der Waals surface area (Å²) in [5.74, 6) is 0.288.